The molecule has 27 heavy (non-hydrogen) atoms. The first kappa shape index (κ1) is 26.9. The second-order valence-electron chi connectivity index (χ2n) is 7.43. The molecule has 0 aromatic carbocycles. The van der Waals surface area contributed by atoms with Crippen LogP contribution >= 0.6 is 24.0 Å². The molecule has 0 aromatic rings. The van der Waals surface area contributed by atoms with Gasteiger partial charge in [0.1, 0.15) is 0 Å². The lowest BCUT2D eigenvalue weighted by atomic mass is 10.0. The number of hydrogen-bond donors (Lipinski definition) is 3. The average molecular weight is 519 g/mol. The molecule has 0 saturated carbocycles. The summed E-state index contributed by atoms with van der Waals surface area (Å²) in [5.74, 6) is 1.33. The van der Waals surface area contributed by atoms with Crippen LogP contribution in [0.5, 0.6) is 0 Å². The highest BCUT2D eigenvalue weighted by Crippen LogP contribution is 2.11. The Kier molecular flexibility index (Phi) is 14.7. The van der Waals surface area contributed by atoms with Crippen molar-refractivity contribution in [1.29, 1.82) is 0 Å². The van der Waals surface area contributed by atoms with Crippen molar-refractivity contribution in [3.8, 4) is 0 Å². The molecule has 162 valence electrons. The maximum atomic E-state index is 12.1. The minimum Gasteiger partial charge on any atom is -0.377 e. The molecule has 0 bridgehead atoms. The number of guanidine groups is 1. The Morgan fingerprint density at radius 2 is 1.96 bits per heavy atom. The maximum Gasteiger partial charge on any atom is 0.213 e. The summed E-state index contributed by atoms with van der Waals surface area (Å²) in [5, 5.41) is 6.52. The fourth-order valence-corrected chi connectivity index (χ4v) is 3.66. The number of nitrogens with zero attached hydrogens (tertiary/aromatic N) is 1. The lowest BCUT2D eigenvalue weighted by Crippen LogP contribution is -2.43. The van der Waals surface area contributed by atoms with E-state index in [-0.39, 0.29) is 42.4 Å². The second-order valence-corrected chi connectivity index (χ2v) is 9.36. The molecule has 7 nitrogen and oxygen atoms in total. The van der Waals surface area contributed by atoms with Gasteiger partial charge in [-0.15, -0.1) is 24.0 Å². The zero-order valence-electron chi connectivity index (χ0n) is 17.3. The number of aliphatic imine (C=N–C) groups is 1. The fourth-order valence-electron chi connectivity index (χ4n) is 2.75. The van der Waals surface area contributed by atoms with Gasteiger partial charge in [0, 0.05) is 25.7 Å². The largest absolute Gasteiger partial charge is 0.377 e. The monoisotopic (exact) mass is 518 g/mol. The smallest absolute Gasteiger partial charge is 0.213 e. The van der Waals surface area contributed by atoms with Crippen LogP contribution in [-0.4, -0.2) is 58.5 Å². The van der Waals surface area contributed by atoms with Crippen LogP contribution in [0.3, 0.4) is 0 Å². The first-order chi connectivity index (χ1) is 12.3. The summed E-state index contributed by atoms with van der Waals surface area (Å²) >= 11 is 0. The second kappa shape index (κ2) is 14.8. The van der Waals surface area contributed by atoms with Gasteiger partial charge < -0.3 is 15.4 Å². The van der Waals surface area contributed by atoms with Crippen LogP contribution in [0.15, 0.2) is 4.99 Å². The number of ether oxygens (including phenoxy) is 1. The molecule has 0 aromatic heterocycles. The van der Waals surface area contributed by atoms with E-state index in [4.69, 9.17) is 4.74 Å². The van der Waals surface area contributed by atoms with Gasteiger partial charge in [0.25, 0.3) is 0 Å². The molecular formula is C18H39IN4O3S. The highest BCUT2D eigenvalue weighted by atomic mass is 127. The molecule has 1 rings (SSSR count). The van der Waals surface area contributed by atoms with Gasteiger partial charge in [0.05, 0.1) is 18.4 Å². The van der Waals surface area contributed by atoms with E-state index >= 15 is 0 Å². The van der Waals surface area contributed by atoms with Crippen molar-refractivity contribution in [3.63, 3.8) is 0 Å². The molecule has 1 aliphatic heterocycles. The number of rotatable bonds is 11. The highest BCUT2D eigenvalue weighted by Gasteiger charge is 2.17. The van der Waals surface area contributed by atoms with Gasteiger partial charge in [0.2, 0.25) is 10.0 Å². The third-order valence-electron chi connectivity index (χ3n) is 4.34. The first-order valence-electron chi connectivity index (χ1n) is 9.96. The van der Waals surface area contributed by atoms with Crippen LogP contribution in [0.25, 0.3) is 0 Å². The van der Waals surface area contributed by atoms with E-state index in [1.165, 1.54) is 0 Å². The predicted octanol–water partition coefficient (Wildman–Crippen LogP) is 2.47. The third kappa shape index (κ3) is 13.6. The number of nitrogens with one attached hydrogen (secondary N) is 3. The summed E-state index contributed by atoms with van der Waals surface area (Å²) in [6.07, 6.45) is 5.29. The molecule has 1 saturated heterocycles. The Hall–Kier alpha value is -0.130. The van der Waals surface area contributed by atoms with Crippen LogP contribution in [-0.2, 0) is 14.8 Å². The molecule has 2 unspecified atom stereocenters. The number of sulfonamides is 1. The summed E-state index contributed by atoms with van der Waals surface area (Å²) in [6, 6.07) is 0.299. The molecule has 0 spiro atoms. The Balaban J connectivity index is 0.00000676. The predicted molar refractivity (Wildman–Crippen MR) is 123 cm³/mol. The molecule has 1 aliphatic rings. The van der Waals surface area contributed by atoms with E-state index in [0.29, 0.717) is 24.5 Å². The van der Waals surface area contributed by atoms with Crippen molar-refractivity contribution in [2.24, 2.45) is 10.9 Å². The lowest BCUT2D eigenvalue weighted by Gasteiger charge is -2.22. The summed E-state index contributed by atoms with van der Waals surface area (Å²) < 4.78 is 32.5. The minimum atomic E-state index is -3.33. The summed E-state index contributed by atoms with van der Waals surface area (Å²) in [7, 11) is -3.33. The summed E-state index contributed by atoms with van der Waals surface area (Å²) in [5.41, 5.74) is 0. The van der Waals surface area contributed by atoms with Crippen molar-refractivity contribution < 1.29 is 13.2 Å². The zero-order valence-corrected chi connectivity index (χ0v) is 20.4. The third-order valence-corrected chi connectivity index (χ3v) is 5.67. The normalized spacial score (nSPS) is 19.4. The van der Waals surface area contributed by atoms with Gasteiger partial charge in [-0.1, -0.05) is 13.8 Å². The van der Waals surface area contributed by atoms with Crippen molar-refractivity contribution in [1.82, 2.24) is 15.4 Å². The fraction of sp³-hybridized carbons (Fsp3) is 0.944. The highest BCUT2D eigenvalue weighted by molar-refractivity contribution is 14.0. The topological polar surface area (TPSA) is 91.8 Å². The van der Waals surface area contributed by atoms with Crippen LogP contribution in [0.4, 0.5) is 0 Å². The molecule has 0 radical (unpaired) electrons. The Morgan fingerprint density at radius 3 is 2.56 bits per heavy atom. The standard InChI is InChI=1S/C18H38N4O3S.HI/c1-5-19-18(22-16(4)10-9-15(2)3)20-11-13-26(23,24)21-14-17-8-6-7-12-25-17;/h15-17,21H,5-14H2,1-4H3,(H2,19,20,22);1H. The Labute approximate surface area is 183 Å². The van der Waals surface area contributed by atoms with Crippen molar-refractivity contribution >= 4 is 40.0 Å². The zero-order chi connectivity index (χ0) is 19.4. The molecule has 0 amide bonds. The van der Waals surface area contributed by atoms with Crippen molar-refractivity contribution in [2.45, 2.75) is 71.9 Å². The van der Waals surface area contributed by atoms with E-state index in [2.05, 4.69) is 41.1 Å². The minimum absolute atomic E-state index is 0. The van der Waals surface area contributed by atoms with Crippen molar-refractivity contribution in [3.05, 3.63) is 0 Å². The Bertz CT molecular complexity index is 509. The van der Waals surface area contributed by atoms with Gasteiger partial charge in [-0.2, -0.15) is 0 Å². The van der Waals surface area contributed by atoms with E-state index in [1.807, 2.05) is 6.92 Å². The molecular weight excluding hydrogens is 479 g/mol. The molecule has 2 atom stereocenters. The maximum absolute atomic E-state index is 12.1. The van der Waals surface area contributed by atoms with Gasteiger partial charge >= 0.3 is 0 Å². The van der Waals surface area contributed by atoms with Crippen LogP contribution in [0.1, 0.15) is 59.8 Å². The quantitative estimate of drug-likeness (QED) is 0.222. The van der Waals surface area contributed by atoms with Gasteiger partial charge in [-0.3, -0.25) is 4.99 Å². The van der Waals surface area contributed by atoms with Gasteiger partial charge in [-0.05, 0) is 51.9 Å². The molecule has 3 N–H and O–H groups in total. The number of hydrogen-bond acceptors (Lipinski definition) is 4. The van der Waals surface area contributed by atoms with E-state index in [9.17, 15) is 8.42 Å². The van der Waals surface area contributed by atoms with Gasteiger partial charge in [-0.25, -0.2) is 13.1 Å². The molecule has 1 heterocycles. The summed E-state index contributed by atoms with van der Waals surface area (Å²) in [4.78, 5) is 4.40. The van der Waals surface area contributed by atoms with E-state index in [1.54, 1.807) is 0 Å². The van der Waals surface area contributed by atoms with E-state index in [0.717, 1.165) is 45.3 Å². The average Bonchev–Trinajstić information content (AvgIpc) is 2.59. The van der Waals surface area contributed by atoms with Crippen LogP contribution in [0, 0.1) is 5.92 Å². The SMILES string of the molecule is CCNC(=NCCS(=O)(=O)NCC1CCCCO1)NC(C)CCC(C)C.I. The molecule has 0 aliphatic carbocycles. The molecule has 9 heteroatoms. The summed E-state index contributed by atoms with van der Waals surface area (Å²) in [6.45, 7) is 10.6. The lowest BCUT2D eigenvalue weighted by molar-refractivity contribution is 0.0200. The molecule has 1 fully saturated rings. The van der Waals surface area contributed by atoms with Crippen LogP contribution in [0.2, 0.25) is 0 Å². The van der Waals surface area contributed by atoms with Gasteiger partial charge in [0.15, 0.2) is 5.96 Å². The number of halogens is 1. The van der Waals surface area contributed by atoms with Crippen molar-refractivity contribution in [2.75, 3.05) is 32.0 Å². The van der Waals surface area contributed by atoms with E-state index < -0.39 is 10.0 Å². The Morgan fingerprint density at radius 1 is 1.22 bits per heavy atom. The first-order valence-corrected chi connectivity index (χ1v) is 11.6. The van der Waals surface area contributed by atoms with Crippen LogP contribution < -0.4 is 15.4 Å².